The molecule has 0 aliphatic heterocycles. The first-order valence-corrected chi connectivity index (χ1v) is 4.93. The Kier molecular flexibility index (Phi) is 2.15. The lowest BCUT2D eigenvalue weighted by atomic mass is 10.1. The van der Waals surface area contributed by atoms with Crippen LogP contribution in [0.2, 0.25) is 0 Å². The van der Waals surface area contributed by atoms with Crippen LogP contribution in [0, 0.1) is 5.92 Å². The summed E-state index contributed by atoms with van der Waals surface area (Å²) in [6, 6.07) is 4.18. The van der Waals surface area contributed by atoms with Gasteiger partial charge in [-0.25, -0.2) is 4.98 Å². The third-order valence-corrected chi connectivity index (χ3v) is 2.73. The summed E-state index contributed by atoms with van der Waals surface area (Å²) in [5.41, 5.74) is 7.15. The van der Waals surface area contributed by atoms with E-state index < -0.39 is 0 Å². The number of aromatic nitrogens is 1. The molecule has 0 radical (unpaired) electrons. The maximum absolute atomic E-state index is 6.00. The molecular formula is C9H11BrN2. The highest BCUT2D eigenvalue weighted by Gasteiger charge is 2.29. The van der Waals surface area contributed by atoms with Crippen LogP contribution in [-0.2, 0) is 0 Å². The summed E-state index contributed by atoms with van der Waals surface area (Å²) in [6.07, 6.45) is 4.40. The molecule has 2 rings (SSSR count). The second-order valence-electron chi connectivity index (χ2n) is 3.28. The molecule has 1 fully saturated rings. The first kappa shape index (κ1) is 8.20. The van der Waals surface area contributed by atoms with Crippen LogP contribution in [0.25, 0.3) is 0 Å². The van der Waals surface area contributed by atoms with Gasteiger partial charge in [0.05, 0.1) is 0 Å². The van der Waals surface area contributed by atoms with E-state index in [1.807, 2.05) is 18.3 Å². The molecule has 0 unspecified atom stereocenters. The minimum atomic E-state index is 0.200. The minimum absolute atomic E-state index is 0.200. The molecule has 1 aromatic heterocycles. The zero-order valence-electron chi connectivity index (χ0n) is 6.70. The van der Waals surface area contributed by atoms with Crippen molar-refractivity contribution < 1.29 is 0 Å². The molecule has 1 aromatic rings. The highest BCUT2D eigenvalue weighted by molar-refractivity contribution is 9.10. The highest BCUT2D eigenvalue weighted by Crippen LogP contribution is 2.39. The Labute approximate surface area is 80.3 Å². The first-order chi connectivity index (χ1) is 5.77. The van der Waals surface area contributed by atoms with Gasteiger partial charge in [0, 0.05) is 12.2 Å². The predicted octanol–water partition coefficient (Wildman–Crippen LogP) is 2.25. The summed E-state index contributed by atoms with van der Waals surface area (Å²) in [5.74, 6) is 0.702. The smallest absolute Gasteiger partial charge is 0.106 e. The number of nitrogens with zero attached hydrogens (tertiary/aromatic N) is 1. The molecule has 2 nitrogen and oxygen atoms in total. The van der Waals surface area contributed by atoms with Gasteiger partial charge in [0.2, 0.25) is 0 Å². The third kappa shape index (κ3) is 1.67. The van der Waals surface area contributed by atoms with Crippen molar-refractivity contribution in [3.8, 4) is 0 Å². The maximum atomic E-state index is 6.00. The number of nitrogens with two attached hydrogens (primary N) is 1. The van der Waals surface area contributed by atoms with Gasteiger partial charge < -0.3 is 5.73 Å². The fourth-order valence-corrected chi connectivity index (χ4v) is 1.55. The zero-order chi connectivity index (χ0) is 8.55. The van der Waals surface area contributed by atoms with Crippen LogP contribution in [0.3, 0.4) is 0 Å². The van der Waals surface area contributed by atoms with E-state index in [0.29, 0.717) is 5.92 Å². The maximum Gasteiger partial charge on any atom is 0.106 e. The van der Waals surface area contributed by atoms with Gasteiger partial charge in [-0.15, -0.1) is 0 Å². The van der Waals surface area contributed by atoms with Crippen LogP contribution in [0.15, 0.2) is 22.9 Å². The van der Waals surface area contributed by atoms with Gasteiger partial charge >= 0.3 is 0 Å². The quantitative estimate of drug-likeness (QED) is 0.787. The highest BCUT2D eigenvalue weighted by atomic mass is 79.9. The van der Waals surface area contributed by atoms with Gasteiger partial charge in [-0.1, -0.05) is 6.07 Å². The van der Waals surface area contributed by atoms with Crippen LogP contribution >= 0.6 is 15.9 Å². The molecule has 1 atom stereocenters. The summed E-state index contributed by atoms with van der Waals surface area (Å²) in [7, 11) is 0. The Bertz CT molecular complexity index is 266. The van der Waals surface area contributed by atoms with Crippen LogP contribution in [-0.4, -0.2) is 4.98 Å². The topological polar surface area (TPSA) is 38.9 Å². The van der Waals surface area contributed by atoms with Crippen LogP contribution in [0.4, 0.5) is 0 Å². The average molecular weight is 227 g/mol. The molecule has 1 aliphatic carbocycles. The van der Waals surface area contributed by atoms with Gasteiger partial charge in [0.1, 0.15) is 4.60 Å². The van der Waals surface area contributed by atoms with E-state index in [-0.39, 0.29) is 6.04 Å². The van der Waals surface area contributed by atoms with Crippen LogP contribution < -0.4 is 5.73 Å². The lowest BCUT2D eigenvalue weighted by Gasteiger charge is -2.09. The van der Waals surface area contributed by atoms with E-state index >= 15 is 0 Å². The van der Waals surface area contributed by atoms with E-state index in [1.54, 1.807) is 0 Å². The van der Waals surface area contributed by atoms with E-state index in [9.17, 15) is 0 Å². The standard InChI is InChI=1S/C9H11BrN2/c10-8-4-3-7(5-12-8)9(11)6-1-2-6/h3-6,9H,1-2,11H2/t9-/m0/s1. The van der Waals surface area contributed by atoms with Crippen molar-refractivity contribution in [2.24, 2.45) is 11.7 Å². The molecule has 1 heterocycles. The van der Waals surface area contributed by atoms with E-state index in [4.69, 9.17) is 5.73 Å². The molecule has 0 aromatic carbocycles. The average Bonchev–Trinajstić information content (AvgIpc) is 2.87. The third-order valence-electron chi connectivity index (χ3n) is 2.27. The molecule has 1 aliphatic rings. The van der Waals surface area contributed by atoms with Gasteiger partial charge in [0.15, 0.2) is 0 Å². The fraction of sp³-hybridized carbons (Fsp3) is 0.444. The largest absolute Gasteiger partial charge is 0.324 e. The Morgan fingerprint density at radius 1 is 1.50 bits per heavy atom. The number of rotatable bonds is 2. The number of hydrogen-bond acceptors (Lipinski definition) is 2. The Hall–Kier alpha value is -0.410. The van der Waals surface area contributed by atoms with Crippen molar-refractivity contribution in [2.75, 3.05) is 0 Å². The molecule has 12 heavy (non-hydrogen) atoms. The number of halogens is 1. The Morgan fingerprint density at radius 2 is 2.25 bits per heavy atom. The summed E-state index contributed by atoms with van der Waals surface area (Å²) >= 11 is 3.30. The molecule has 2 N–H and O–H groups in total. The summed E-state index contributed by atoms with van der Waals surface area (Å²) in [5, 5.41) is 0. The lowest BCUT2D eigenvalue weighted by molar-refractivity contribution is 0.630. The number of hydrogen-bond donors (Lipinski definition) is 1. The second-order valence-corrected chi connectivity index (χ2v) is 4.09. The van der Waals surface area contributed by atoms with Crippen molar-refractivity contribution in [3.63, 3.8) is 0 Å². The Balaban J connectivity index is 2.16. The molecule has 1 saturated carbocycles. The molecule has 0 amide bonds. The normalized spacial score (nSPS) is 19.2. The molecular weight excluding hydrogens is 216 g/mol. The van der Waals surface area contributed by atoms with Crippen molar-refractivity contribution in [1.29, 1.82) is 0 Å². The van der Waals surface area contributed by atoms with Crippen molar-refractivity contribution >= 4 is 15.9 Å². The van der Waals surface area contributed by atoms with E-state index in [1.165, 1.54) is 12.8 Å². The van der Waals surface area contributed by atoms with Gasteiger partial charge in [-0.2, -0.15) is 0 Å². The van der Waals surface area contributed by atoms with Gasteiger partial charge in [-0.3, -0.25) is 0 Å². The summed E-state index contributed by atoms with van der Waals surface area (Å²) < 4.78 is 0.870. The summed E-state index contributed by atoms with van der Waals surface area (Å²) in [4.78, 5) is 4.15. The first-order valence-electron chi connectivity index (χ1n) is 4.14. The van der Waals surface area contributed by atoms with Crippen molar-refractivity contribution in [1.82, 2.24) is 4.98 Å². The molecule has 0 saturated heterocycles. The van der Waals surface area contributed by atoms with E-state index in [0.717, 1.165) is 10.2 Å². The van der Waals surface area contributed by atoms with Crippen molar-refractivity contribution in [2.45, 2.75) is 18.9 Å². The van der Waals surface area contributed by atoms with Crippen LogP contribution in [0.5, 0.6) is 0 Å². The number of pyridine rings is 1. The van der Waals surface area contributed by atoms with Gasteiger partial charge in [0.25, 0.3) is 0 Å². The predicted molar refractivity (Wildman–Crippen MR) is 51.6 cm³/mol. The lowest BCUT2D eigenvalue weighted by Crippen LogP contribution is -2.12. The minimum Gasteiger partial charge on any atom is -0.324 e. The molecule has 64 valence electrons. The van der Waals surface area contributed by atoms with Gasteiger partial charge in [-0.05, 0) is 46.3 Å². The molecule has 3 heteroatoms. The SMILES string of the molecule is N[C@H](c1ccc(Br)nc1)C1CC1. The van der Waals surface area contributed by atoms with Crippen LogP contribution in [0.1, 0.15) is 24.4 Å². The summed E-state index contributed by atoms with van der Waals surface area (Å²) in [6.45, 7) is 0. The molecule has 0 spiro atoms. The fourth-order valence-electron chi connectivity index (χ4n) is 1.31. The van der Waals surface area contributed by atoms with E-state index in [2.05, 4.69) is 20.9 Å². The van der Waals surface area contributed by atoms with Crippen molar-refractivity contribution in [3.05, 3.63) is 28.5 Å². The monoisotopic (exact) mass is 226 g/mol. The molecule has 0 bridgehead atoms. The Morgan fingerprint density at radius 3 is 2.75 bits per heavy atom. The second kappa shape index (κ2) is 3.15. The zero-order valence-corrected chi connectivity index (χ0v) is 8.29.